The molecule has 2 heterocycles. The minimum absolute atomic E-state index is 0.0566. The smallest absolute Gasteiger partial charge is 0.385 e. The molecule has 2 N–H and O–H groups in total. The van der Waals surface area contributed by atoms with Gasteiger partial charge in [-0.2, -0.15) is 21.6 Å². The fraction of sp³-hybridized carbons (Fsp3) is 0.733. The summed E-state index contributed by atoms with van der Waals surface area (Å²) < 4.78 is 99.2. The number of hydrogen-bond acceptors (Lipinski definition) is 11. The number of rotatable bonds is 10. The van der Waals surface area contributed by atoms with Crippen molar-refractivity contribution >= 4 is 17.7 Å². The number of aryl methyl sites for hydroxylation is 1. The molecule has 1 aliphatic heterocycles. The average Bonchev–Trinajstić information content (AvgIpc) is 2.98. The van der Waals surface area contributed by atoms with Crippen LogP contribution in [-0.2, 0) is 37.4 Å². The van der Waals surface area contributed by atoms with Gasteiger partial charge in [0.05, 0.1) is 13.2 Å². The van der Waals surface area contributed by atoms with Crippen molar-refractivity contribution in [2.75, 3.05) is 19.6 Å². The van der Waals surface area contributed by atoms with Crippen LogP contribution in [0.15, 0.2) is 15.8 Å². The largest absolute Gasteiger partial charge is 0.523 e. The van der Waals surface area contributed by atoms with Gasteiger partial charge in [-0.3, -0.25) is 23.1 Å². The van der Waals surface area contributed by atoms with Crippen LogP contribution in [0.2, 0.25) is 0 Å². The molecule has 0 aromatic carbocycles. The van der Waals surface area contributed by atoms with E-state index >= 15 is 0 Å². The molecule has 1 aromatic heterocycles. The summed E-state index contributed by atoms with van der Waals surface area (Å²) in [6, 6.07) is 0. The maximum Gasteiger partial charge on any atom is 0.523 e. The van der Waals surface area contributed by atoms with Gasteiger partial charge in [0.25, 0.3) is 5.56 Å². The number of alkyl halides is 3. The second-order valence-corrected chi connectivity index (χ2v) is 10.1. The zero-order valence-corrected chi connectivity index (χ0v) is 19.2. The number of aliphatic hydroxyl groups excluding tert-OH is 1. The van der Waals surface area contributed by atoms with Crippen LogP contribution in [0.4, 0.5) is 13.2 Å². The van der Waals surface area contributed by atoms with Gasteiger partial charge in [-0.1, -0.05) is 0 Å². The van der Waals surface area contributed by atoms with E-state index in [1.54, 1.807) is 0 Å². The molecule has 0 amide bonds. The van der Waals surface area contributed by atoms with Gasteiger partial charge in [-0.15, -0.1) is 0 Å². The Morgan fingerprint density at radius 3 is 2.33 bits per heavy atom. The molecule has 0 radical (unpaired) electrons. The first-order chi connectivity index (χ1) is 15.2. The van der Waals surface area contributed by atoms with E-state index in [1.165, 1.54) is 20.8 Å². The van der Waals surface area contributed by atoms with Crippen molar-refractivity contribution < 1.29 is 54.0 Å². The monoisotopic (exact) mass is 526 g/mol. The molecule has 33 heavy (non-hydrogen) atoms. The maximum atomic E-state index is 12.9. The average molecular weight is 526 g/mol. The summed E-state index contributed by atoms with van der Waals surface area (Å²) in [7, 11) is -10.1. The predicted octanol–water partition coefficient (Wildman–Crippen LogP) is 0.536. The van der Waals surface area contributed by atoms with Crippen LogP contribution in [0.5, 0.6) is 0 Å². The number of ether oxygens (including phenoxy) is 2. The van der Waals surface area contributed by atoms with Crippen molar-refractivity contribution in [2.45, 2.75) is 51.0 Å². The van der Waals surface area contributed by atoms with Crippen LogP contribution >= 0.6 is 7.60 Å². The highest BCUT2D eigenvalue weighted by molar-refractivity contribution is 7.87. The standard InChI is InChI=1S/C15H22F3N2O11PS/c1-4-28-32(24,29-5-2)7-27-13-9(21)10(31-33(25,26)15(16,17)18)12(30-13)20-6-8(3)11(22)19-14(20)23/h6,9-10,12-13,21H,4-5,7H2,1-3H3,(H,19,22,23)/t9-,10+,12+,13-/m1/s1. The number of aliphatic hydroxyl groups is 1. The topological polar surface area (TPSA) is 172 Å². The molecule has 1 fully saturated rings. The molecule has 1 saturated heterocycles. The summed E-state index contributed by atoms with van der Waals surface area (Å²) in [5, 5.41) is 10.4. The van der Waals surface area contributed by atoms with Crippen molar-refractivity contribution in [3.63, 3.8) is 0 Å². The van der Waals surface area contributed by atoms with E-state index in [4.69, 9.17) is 18.5 Å². The van der Waals surface area contributed by atoms with Crippen molar-refractivity contribution in [3.05, 3.63) is 32.6 Å². The number of aromatic nitrogens is 2. The highest BCUT2D eigenvalue weighted by Crippen LogP contribution is 2.49. The first kappa shape index (κ1) is 27.7. The molecule has 18 heteroatoms. The zero-order valence-electron chi connectivity index (χ0n) is 17.5. The maximum absolute atomic E-state index is 12.9. The summed E-state index contributed by atoms with van der Waals surface area (Å²) in [6.45, 7) is 4.13. The lowest BCUT2D eigenvalue weighted by atomic mass is 10.2. The summed E-state index contributed by atoms with van der Waals surface area (Å²) in [4.78, 5) is 25.6. The van der Waals surface area contributed by atoms with E-state index in [0.29, 0.717) is 4.57 Å². The molecule has 1 aromatic rings. The van der Waals surface area contributed by atoms with E-state index in [-0.39, 0.29) is 18.8 Å². The normalized spacial score (nSPS) is 24.3. The van der Waals surface area contributed by atoms with Gasteiger partial charge in [-0.05, 0) is 20.8 Å². The second kappa shape index (κ2) is 10.4. The first-order valence-electron chi connectivity index (χ1n) is 9.30. The Kier molecular flexibility index (Phi) is 8.67. The molecular formula is C15H22F3N2O11PS. The number of halogens is 3. The van der Waals surface area contributed by atoms with E-state index in [9.17, 15) is 40.8 Å². The number of nitrogens with zero attached hydrogens (tertiary/aromatic N) is 1. The Balaban J connectivity index is 2.42. The van der Waals surface area contributed by atoms with Gasteiger partial charge in [0, 0.05) is 11.8 Å². The fourth-order valence-corrected chi connectivity index (χ4v) is 4.68. The van der Waals surface area contributed by atoms with Gasteiger partial charge in [-0.25, -0.2) is 4.79 Å². The lowest BCUT2D eigenvalue weighted by Crippen LogP contribution is -2.42. The van der Waals surface area contributed by atoms with Gasteiger partial charge >= 0.3 is 28.9 Å². The van der Waals surface area contributed by atoms with Crippen molar-refractivity contribution in [2.24, 2.45) is 0 Å². The van der Waals surface area contributed by atoms with Crippen molar-refractivity contribution in [1.82, 2.24) is 9.55 Å². The quantitative estimate of drug-likeness (QED) is 0.247. The Morgan fingerprint density at radius 2 is 1.82 bits per heavy atom. The molecule has 0 bridgehead atoms. The van der Waals surface area contributed by atoms with Gasteiger partial charge in [0.15, 0.2) is 25.0 Å². The van der Waals surface area contributed by atoms with E-state index in [2.05, 4.69) is 4.18 Å². The number of aromatic amines is 1. The van der Waals surface area contributed by atoms with Gasteiger partial charge in [0.1, 0.15) is 6.10 Å². The molecule has 0 saturated carbocycles. The lowest BCUT2D eigenvalue weighted by Gasteiger charge is -2.22. The summed E-state index contributed by atoms with van der Waals surface area (Å²) in [6.07, 6.45) is -8.45. The van der Waals surface area contributed by atoms with Crippen LogP contribution in [0.25, 0.3) is 0 Å². The lowest BCUT2D eigenvalue weighted by molar-refractivity contribution is -0.169. The summed E-state index contributed by atoms with van der Waals surface area (Å²) >= 11 is 0. The third-order valence-corrected chi connectivity index (χ3v) is 6.97. The van der Waals surface area contributed by atoms with Crippen molar-refractivity contribution in [1.29, 1.82) is 0 Å². The summed E-state index contributed by atoms with van der Waals surface area (Å²) in [5.74, 6) is 0. The van der Waals surface area contributed by atoms with Crippen LogP contribution in [0.3, 0.4) is 0 Å². The molecule has 1 aliphatic rings. The highest BCUT2D eigenvalue weighted by atomic mass is 32.2. The minimum Gasteiger partial charge on any atom is -0.385 e. The number of H-pyrrole nitrogens is 1. The van der Waals surface area contributed by atoms with Crippen LogP contribution in [0.1, 0.15) is 25.6 Å². The molecular weight excluding hydrogens is 504 g/mol. The summed E-state index contributed by atoms with van der Waals surface area (Å²) in [5.41, 5.74) is -7.97. The molecule has 190 valence electrons. The highest BCUT2D eigenvalue weighted by Gasteiger charge is 2.55. The molecule has 2 rings (SSSR count). The Bertz CT molecular complexity index is 1090. The number of nitrogens with one attached hydrogen (secondary N) is 1. The molecule has 0 spiro atoms. The molecule has 0 unspecified atom stereocenters. The zero-order chi connectivity index (χ0) is 25.2. The molecule has 4 atom stereocenters. The van der Waals surface area contributed by atoms with E-state index in [0.717, 1.165) is 6.20 Å². The van der Waals surface area contributed by atoms with E-state index < -0.39 is 65.5 Å². The molecule has 0 aliphatic carbocycles. The van der Waals surface area contributed by atoms with Crippen molar-refractivity contribution in [3.8, 4) is 0 Å². The minimum atomic E-state index is -6.26. The third-order valence-electron chi connectivity index (χ3n) is 4.16. The predicted molar refractivity (Wildman–Crippen MR) is 103 cm³/mol. The Hall–Kier alpha value is -1.59. The van der Waals surface area contributed by atoms with Crippen LogP contribution in [0, 0.1) is 6.92 Å². The fourth-order valence-electron chi connectivity index (χ4n) is 2.73. The second-order valence-electron chi connectivity index (χ2n) is 6.57. The van der Waals surface area contributed by atoms with Crippen LogP contribution < -0.4 is 11.2 Å². The Labute approximate surface area is 185 Å². The Morgan fingerprint density at radius 1 is 1.24 bits per heavy atom. The van der Waals surface area contributed by atoms with E-state index in [1.807, 2.05) is 4.98 Å². The molecule has 13 nitrogen and oxygen atoms in total. The SMILES string of the molecule is CCOP(=O)(CO[C@@H]1O[C@H](n2cc(C)c(=O)[nH]c2=O)[C@@H](OS(=O)(=O)C(F)(F)F)[C@H]1O)OCC. The van der Waals surface area contributed by atoms with Gasteiger partial charge in [0.2, 0.25) is 0 Å². The van der Waals surface area contributed by atoms with Crippen LogP contribution in [-0.4, -0.2) is 66.6 Å². The number of hydrogen-bond donors (Lipinski definition) is 2. The van der Waals surface area contributed by atoms with Gasteiger partial charge < -0.3 is 23.6 Å². The first-order valence-corrected chi connectivity index (χ1v) is 12.4. The third kappa shape index (κ3) is 6.30.